The zero-order valence-corrected chi connectivity index (χ0v) is 13.6. The molecule has 0 fully saturated rings. The van der Waals surface area contributed by atoms with Crippen molar-refractivity contribution in [2.45, 2.75) is 83.7 Å². The van der Waals surface area contributed by atoms with E-state index in [-0.39, 0.29) is 6.10 Å². The summed E-state index contributed by atoms with van der Waals surface area (Å²) in [5.41, 5.74) is 0. The summed E-state index contributed by atoms with van der Waals surface area (Å²) in [5, 5.41) is 8.64. The molecule has 0 aromatic rings. The molecule has 0 aliphatic heterocycles. The van der Waals surface area contributed by atoms with Gasteiger partial charge >= 0.3 is 7.82 Å². The van der Waals surface area contributed by atoms with Gasteiger partial charge in [-0.05, 0) is 19.8 Å². The fourth-order valence-electron chi connectivity index (χ4n) is 2.24. The lowest BCUT2D eigenvalue weighted by molar-refractivity contribution is 0.136. The van der Waals surface area contributed by atoms with Crippen molar-refractivity contribution in [2.24, 2.45) is 0 Å². The third-order valence-corrected chi connectivity index (χ3v) is 3.97. The highest BCUT2D eigenvalue weighted by Crippen LogP contribution is 2.38. The Kier molecular flexibility index (Phi) is 12.8. The molecule has 3 N–H and O–H groups in total. The van der Waals surface area contributed by atoms with Crippen molar-refractivity contribution < 1.29 is 24.0 Å². The molecule has 20 heavy (non-hydrogen) atoms. The minimum absolute atomic E-state index is 0.310. The van der Waals surface area contributed by atoms with Gasteiger partial charge in [0.1, 0.15) is 0 Å². The van der Waals surface area contributed by atoms with E-state index in [9.17, 15) is 4.57 Å². The zero-order valence-electron chi connectivity index (χ0n) is 12.7. The first-order chi connectivity index (χ1) is 9.45. The van der Waals surface area contributed by atoms with Crippen LogP contribution < -0.4 is 0 Å². The van der Waals surface area contributed by atoms with Gasteiger partial charge in [0.15, 0.2) is 0 Å². The molecule has 0 saturated carbocycles. The summed E-state index contributed by atoms with van der Waals surface area (Å²) in [7, 11) is -4.32. The lowest BCUT2D eigenvalue weighted by Crippen LogP contribution is -2.05. The topological polar surface area (TPSA) is 87.0 Å². The van der Waals surface area contributed by atoms with Crippen LogP contribution in [0.4, 0.5) is 0 Å². The Hall–Kier alpha value is 0.0700. The number of hydrogen-bond acceptors (Lipinski definition) is 3. The first-order valence-corrected chi connectivity index (χ1v) is 9.33. The van der Waals surface area contributed by atoms with E-state index in [0.717, 1.165) is 25.7 Å². The van der Waals surface area contributed by atoms with Crippen molar-refractivity contribution in [3.8, 4) is 0 Å². The lowest BCUT2D eigenvalue weighted by Gasteiger charge is -2.13. The van der Waals surface area contributed by atoms with Crippen LogP contribution >= 0.6 is 7.82 Å². The smallest absolute Gasteiger partial charge is 0.396 e. The third kappa shape index (κ3) is 16.1. The van der Waals surface area contributed by atoms with Gasteiger partial charge in [-0.3, -0.25) is 4.52 Å². The number of unbranched alkanes of at least 4 members (excludes halogenated alkanes) is 9. The summed E-state index contributed by atoms with van der Waals surface area (Å²) < 4.78 is 15.2. The minimum atomic E-state index is -4.32. The number of phosphoric acid groups is 1. The van der Waals surface area contributed by atoms with Crippen LogP contribution in [0.3, 0.4) is 0 Å². The first-order valence-electron chi connectivity index (χ1n) is 7.80. The molecular formula is C14H31O5P. The Bertz CT molecular complexity index is 254. The molecule has 0 aromatic carbocycles. The highest BCUT2D eigenvalue weighted by molar-refractivity contribution is 7.46. The Balaban J connectivity index is 3.19. The molecule has 0 saturated heterocycles. The molecule has 0 aliphatic carbocycles. The zero-order chi connectivity index (χ0) is 15.3. The van der Waals surface area contributed by atoms with E-state index < -0.39 is 7.82 Å². The van der Waals surface area contributed by atoms with Gasteiger partial charge < -0.3 is 14.9 Å². The highest BCUT2D eigenvalue weighted by atomic mass is 31.2. The molecule has 1 atom stereocenters. The second-order valence-electron chi connectivity index (χ2n) is 5.45. The molecule has 0 spiro atoms. The monoisotopic (exact) mass is 310 g/mol. The van der Waals surface area contributed by atoms with Crippen molar-refractivity contribution in [3.63, 3.8) is 0 Å². The number of hydrogen-bond donors (Lipinski definition) is 3. The molecule has 0 rings (SSSR count). The number of aliphatic hydroxyl groups excluding tert-OH is 1. The van der Waals surface area contributed by atoms with Gasteiger partial charge in [0.2, 0.25) is 0 Å². The third-order valence-electron chi connectivity index (χ3n) is 3.34. The Labute approximate surface area is 123 Å². The fourth-order valence-corrected chi connectivity index (χ4v) is 2.82. The molecule has 6 heteroatoms. The van der Waals surface area contributed by atoms with E-state index in [1.807, 2.05) is 0 Å². The van der Waals surface area contributed by atoms with Crippen LogP contribution in [0.2, 0.25) is 0 Å². The summed E-state index contributed by atoms with van der Waals surface area (Å²) in [6, 6.07) is 0. The van der Waals surface area contributed by atoms with Crippen LogP contribution in [-0.2, 0) is 9.09 Å². The molecule has 122 valence electrons. The summed E-state index contributed by atoms with van der Waals surface area (Å²) in [4.78, 5) is 17.3. The highest BCUT2D eigenvalue weighted by Gasteiger charge is 2.18. The maximum Gasteiger partial charge on any atom is 0.469 e. The summed E-state index contributed by atoms with van der Waals surface area (Å²) in [6.07, 6.45) is 11.9. The second-order valence-corrected chi connectivity index (χ2v) is 6.65. The van der Waals surface area contributed by atoms with E-state index in [4.69, 9.17) is 14.9 Å². The molecule has 0 amide bonds. The van der Waals surface area contributed by atoms with Crippen molar-refractivity contribution in [1.82, 2.24) is 0 Å². The predicted octanol–water partition coefficient (Wildman–Crippen LogP) is 3.77. The number of aliphatic hydroxyl groups is 1. The minimum Gasteiger partial charge on any atom is -0.396 e. The van der Waals surface area contributed by atoms with Crippen molar-refractivity contribution in [1.29, 1.82) is 0 Å². The Morgan fingerprint density at radius 3 is 1.65 bits per heavy atom. The average Bonchev–Trinajstić information content (AvgIpc) is 2.34. The maximum absolute atomic E-state index is 10.6. The van der Waals surface area contributed by atoms with Crippen LogP contribution in [-0.4, -0.2) is 27.6 Å². The average molecular weight is 310 g/mol. The van der Waals surface area contributed by atoms with Gasteiger partial charge in [0.05, 0.1) is 6.10 Å². The lowest BCUT2D eigenvalue weighted by atomic mass is 10.0. The van der Waals surface area contributed by atoms with Gasteiger partial charge in [0.25, 0.3) is 0 Å². The molecule has 1 unspecified atom stereocenters. The quantitative estimate of drug-likeness (QED) is 0.336. The molecule has 5 nitrogen and oxygen atoms in total. The maximum atomic E-state index is 10.6. The van der Waals surface area contributed by atoms with Crippen molar-refractivity contribution in [2.75, 3.05) is 6.61 Å². The van der Waals surface area contributed by atoms with E-state index in [1.165, 1.54) is 38.5 Å². The molecule has 0 bridgehead atoms. The molecule has 0 aromatic heterocycles. The SMILES string of the molecule is CC(CCCCCCCCCCCCO)OP(=O)(O)O. The molecule has 0 heterocycles. The van der Waals surface area contributed by atoms with Gasteiger partial charge in [-0.1, -0.05) is 57.8 Å². The van der Waals surface area contributed by atoms with E-state index in [0.29, 0.717) is 13.0 Å². The standard InChI is InChI=1S/C14H31O5P/c1-14(19-20(16,17)18)12-10-8-6-4-2-3-5-7-9-11-13-15/h14-15H,2-13H2,1H3,(H2,16,17,18). The number of phosphoric ester groups is 1. The molecule has 0 aliphatic rings. The predicted molar refractivity (Wildman–Crippen MR) is 80.5 cm³/mol. The molecular weight excluding hydrogens is 279 g/mol. The normalized spacial score (nSPS) is 13.6. The van der Waals surface area contributed by atoms with Crippen molar-refractivity contribution in [3.05, 3.63) is 0 Å². The molecule has 0 radical (unpaired) electrons. The van der Waals surface area contributed by atoms with Gasteiger partial charge in [-0.2, -0.15) is 0 Å². The summed E-state index contributed by atoms with van der Waals surface area (Å²) in [5.74, 6) is 0. The van der Waals surface area contributed by atoms with E-state index >= 15 is 0 Å². The van der Waals surface area contributed by atoms with Crippen LogP contribution in [0.15, 0.2) is 0 Å². The largest absolute Gasteiger partial charge is 0.469 e. The van der Waals surface area contributed by atoms with Crippen LogP contribution in [0.5, 0.6) is 0 Å². The van der Waals surface area contributed by atoms with Gasteiger partial charge in [-0.25, -0.2) is 4.57 Å². The van der Waals surface area contributed by atoms with Gasteiger partial charge in [0, 0.05) is 6.61 Å². The second kappa shape index (κ2) is 12.8. The van der Waals surface area contributed by atoms with Crippen LogP contribution in [0, 0.1) is 0 Å². The van der Waals surface area contributed by atoms with Gasteiger partial charge in [-0.15, -0.1) is 0 Å². The fraction of sp³-hybridized carbons (Fsp3) is 1.00. The van der Waals surface area contributed by atoms with E-state index in [2.05, 4.69) is 4.52 Å². The van der Waals surface area contributed by atoms with E-state index in [1.54, 1.807) is 6.92 Å². The number of rotatable bonds is 14. The first kappa shape index (κ1) is 20.1. The summed E-state index contributed by atoms with van der Waals surface area (Å²) >= 11 is 0. The Morgan fingerprint density at radius 1 is 0.850 bits per heavy atom. The van der Waals surface area contributed by atoms with Crippen LogP contribution in [0.1, 0.15) is 77.6 Å². The summed E-state index contributed by atoms with van der Waals surface area (Å²) in [6.45, 7) is 2.01. The van der Waals surface area contributed by atoms with Crippen molar-refractivity contribution >= 4 is 7.82 Å². The van der Waals surface area contributed by atoms with Crippen LogP contribution in [0.25, 0.3) is 0 Å². The Morgan fingerprint density at radius 2 is 1.25 bits per heavy atom.